The van der Waals surface area contributed by atoms with Crippen LogP contribution in [0.5, 0.6) is 0 Å². The fourth-order valence-corrected chi connectivity index (χ4v) is 2.59. The van der Waals surface area contributed by atoms with Crippen molar-refractivity contribution in [3.8, 4) is 0 Å². The Balaban J connectivity index is 1.50. The summed E-state index contributed by atoms with van der Waals surface area (Å²) in [7, 11) is 1.78. The molecule has 0 atom stereocenters. The average molecular weight is 314 g/mol. The summed E-state index contributed by atoms with van der Waals surface area (Å²) in [6.45, 7) is 1.04. The summed E-state index contributed by atoms with van der Waals surface area (Å²) < 4.78 is 0. The smallest absolute Gasteiger partial charge is 0.256 e. The molecule has 0 unspecified atom stereocenters. The van der Waals surface area contributed by atoms with E-state index in [0.29, 0.717) is 12.6 Å². The molecule has 1 aliphatic heterocycles. The van der Waals surface area contributed by atoms with Crippen LogP contribution in [0.1, 0.15) is 24.8 Å². The molecule has 1 fully saturated rings. The van der Waals surface area contributed by atoms with Crippen molar-refractivity contribution < 1.29 is 9.59 Å². The highest BCUT2D eigenvalue weighted by atomic mass is 16.2. The average Bonchev–Trinajstić information content (AvgIpc) is 3.19. The second-order valence-corrected chi connectivity index (χ2v) is 6.19. The summed E-state index contributed by atoms with van der Waals surface area (Å²) in [5, 5.41) is 8.86. The summed E-state index contributed by atoms with van der Waals surface area (Å²) in [5.74, 6) is -0.0876. The zero-order chi connectivity index (χ0) is 16.2. The molecular formula is C17H22N4O2. The van der Waals surface area contributed by atoms with Gasteiger partial charge in [-0.3, -0.25) is 14.5 Å². The molecule has 2 amide bonds. The number of carbonyl (C=O) groups excluding carboxylic acids is 2. The number of nitrogens with one attached hydrogen (secondary N) is 1. The predicted octanol–water partition coefficient (Wildman–Crippen LogP) is 0.833. The van der Waals surface area contributed by atoms with Crippen molar-refractivity contribution in [1.29, 1.82) is 0 Å². The number of nitrogens with zero attached hydrogens (tertiary/aromatic N) is 3. The van der Waals surface area contributed by atoms with E-state index in [2.05, 4.69) is 10.4 Å². The summed E-state index contributed by atoms with van der Waals surface area (Å²) in [5.41, 5.74) is 1.99. The maximum Gasteiger partial charge on any atom is 0.256 e. The monoisotopic (exact) mass is 314 g/mol. The summed E-state index contributed by atoms with van der Waals surface area (Å²) in [6.07, 6.45) is 2.90. The lowest BCUT2D eigenvalue weighted by Gasteiger charge is -2.18. The van der Waals surface area contributed by atoms with E-state index in [0.717, 1.165) is 30.5 Å². The number of rotatable bonds is 6. The normalized spacial score (nSPS) is 17.3. The molecule has 6 nitrogen and oxygen atoms in total. The number of hydrazone groups is 1. The summed E-state index contributed by atoms with van der Waals surface area (Å²) >= 11 is 0. The van der Waals surface area contributed by atoms with E-state index in [9.17, 15) is 9.59 Å². The van der Waals surface area contributed by atoms with Crippen LogP contribution in [-0.2, 0) is 9.59 Å². The third-order valence-electron chi connectivity index (χ3n) is 3.96. The van der Waals surface area contributed by atoms with Crippen LogP contribution in [0.15, 0.2) is 35.4 Å². The molecule has 122 valence electrons. The fourth-order valence-electron chi connectivity index (χ4n) is 2.59. The van der Waals surface area contributed by atoms with Gasteiger partial charge in [-0.2, -0.15) is 5.10 Å². The lowest BCUT2D eigenvalue weighted by atomic mass is 10.1. The van der Waals surface area contributed by atoms with Gasteiger partial charge in [0.15, 0.2) is 0 Å². The van der Waals surface area contributed by atoms with Crippen molar-refractivity contribution in [2.24, 2.45) is 5.10 Å². The number of benzene rings is 1. The topological polar surface area (TPSA) is 65.0 Å². The van der Waals surface area contributed by atoms with Crippen molar-refractivity contribution in [3.05, 3.63) is 35.9 Å². The van der Waals surface area contributed by atoms with Gasteiger partial charge in [-0.1, -0.05) is 30.3 Å². The maximum atomic E-state index is 12.3. The second-order valence-electron chi connectivity index (χ2n) is 6.19. The largest absolute Gasteiger partial charge is 0.352 e. The molecule has 23 heavy (non-hydrogen) atoms. The zero-order valence-electron chi connectivity index (χ0n) is 13.4. The van der Waals surface area contributed by atoms with Crippen molar-refractivity contribution >= 4 is 17.5 Å². The minimum Gasteiger partial charge on any atom is -0.352 e. The molecule has 0 saturated heterocycles. The highest BCUT2D eigenvalue weighted by Gasteiger charge is 2.25. The zero-order valence-corrected chi connectivity index (χ0v) is 13.4. The van der Waals surface area contributed by atoms with Gasteiger partial charge in [-0.25, -0.2) is 5.01 Å². The molecule has 0 spiro atoms. The van der Waals surface area contributed by atoms with Crippen LogP contribution in [0.4, 0.5) is 0 Å². The van der Waals surface area contributed by atoms with E-state index in [1.807, 2.05) is 30.3 Å². The Labute approximate surface area is 136 Å². The van der Waals surface area contributed by atoms with E-state index in [4.69, 9.17) is 0 Å². The first kappa shape index (κ1) is 15.7. The molecule has 0 bridgehead atoms. The second kappa shape index (κ2) is 6.91. The van der Waals surface area contributed by atoms with Crippen LogP contribution in [0.25, 0.3) is 0 Å². The van der Waals surface area contributed by atoms with Crippen LogP contribution in [0.3, 0.4) is 0 Å². The first-order valence-electron chi connectivity index (χ1n) is 8.03. The molecular weight excluding hydrogens is 292 g/mol. The highest BCUT2D eigenvalue weighted by Crippen LogP contribution is 2.18. The van der Waals surface area contributed by atoms with Crippen molar-refractivity contribution in [1.82, 2.24) is 15.2 Å². The lowest BCUT2D eigenvalue weighted by Crippen LogP contribution is -2.41. The molecule has 1 aromatic rings. The minimum absolute atomic E-state index is 0.0160. The summed E-state index contributed by atoms with van der Waals surface area (Å²) in [6, 6.07) is 10.2. The molecule has 0 aromatic heterocycles. The van der Waals surface area contributed by atoms with Gasteiger partial charge in [0.2, 0.25) is 5.91 Å². The Kier molecular flexibility index (Phi) is 4.71. The van der Waals surface area contributed by atoms with Gasteiger partial charge in [0.25, 0.3) is 5.91 Å². The fraction of sp³-hybridized carbons (Fsp3) is 0.471. The van der Waals surface area contributed by atoms with Gasteiger partial charge in [-0.05, 0) is 25.5 Å². The van der Waals surface area contributed by atoms with Gasteiger partial charge in [-0.15, -0.1) is 0 Å². The van der Waals surface area contributed by atoms with Crippen LogP contribution >= 0.6 is 0 Å². The van der Waals surface area contributed by atoms with E-state index < -0.39 is 0 Å². The Morgan fingerprint density at radius 3 is 2.70 bits per heavy atom. The molecule has 1 N–H and O–H groups in total. The van der Waals surface area contributed by atoms with Crippen LogP contribution < -0.4 is 5.32 Å². The molecule has 6 heteroatoms. The van der Waals surface area contributed by atoms with E-state index in [1.165, 1.54) is 5.01 Å². The Bertz CT molecular complexity index is 610. The van der Waals surface area contributed by atoms with Gasteiger partial charge in [0.1, 0.15) is 0 Å². The Morgan fingerprint density at radius 2 is 2.00 bits per heavy atom. The van der Waals surface area contributed by atoms with Gasteiger partial charge >= 0.3 is 0 Å². The van der Waals surface area contributed by atoms with E-state index in [-0.39, 0.29) is 24.9 Å². The van der Waals surface area contributed by atoms with Crippen molar-refractivity contribution in [3.63, 3.8) is 0 Å². The highest BCUT2D eigenvalue weighted by molar-refractivity contribution is 6.02. The maximum absolute atomic E-state index is 12.3. The molecule has 2 aliphatic rings. The quantitative estimate of drug-likeness (QED) is 0.846. The van der Waals surface area contributed by atoms with Gasteiger partial charge in [0, 0.05) is 12.5 Å². The molecule has 1 saturated carbocycles. The van der Waals surface area contributed by atoms with Crippen LogP contribution in [0.2, 0.25) is 0 Å². The first-order valence-corrected chi connectivity index (χ1v) is 8.03. The van der Waals surface area contributed by atoms with Crippen molar-refractivity contribution in [2.75, 3.05) is 26.7 Å². The van der Waals surface area contributed by atoms with Gasteiger partial charge in [0.05, 0.1) is 25.3 Å². The molecule has 3 rings (SSSR count). The lowest BCUT2D eigenvalue weighted by molar-refractivity contribution is -0.132. The molecule has 0 radical (unpaired) electrons. The molecule has 1 aromatic carbocycles. The third-order valence-corrected chi connectivity index (χ3v) is 3.96. The number of hydrogen-bond donors (Lipinski definition) is 1. The molecule has 1 heterocycles. The Morgan fingerprint density at radius 1 is 1.26 bits per heavy atom. The van der Waals surface area contributed by atoms with Crippen molar-refractivity contribution in [2.45, 2.75) is 25.3 Å². The number of hydrogen-bond acceptors (Lipinski definition) is 4. The van der Waals surface area contributed by atoms with E-state index in [1.54, 1.807) is 11.9 Å². The molecule has 1 aliphatic carbocycles. The third kappa shape index (κ3) is 4.39. The number of carbonyl (C=O) groups is 2. The summed E-state index contributed by atoms with van der Waals surface area (Å²) in [4.78, 5) is 25.8. The predicted molar refractivity (Wildman–Crippen MR) is 88.0 cm³/mol. The van der Waals surface area contributed by atoms with Gasteiger partial charge < -0.3 is 5.32 Å². The number of likely N-dealkylation sites (N-methyl/N-ethyl adjacent to an activating group) is 1. The van der Waals surface area contributed by atoms with Crippen LogP contribution in [0, 0.1) is 0 Å². The van der Waals surface area contributed by atoms with E-state index >= 15 is 0 Å². The standard InChI is InChI=1S/C17H22N4O2/c1-20(11-16(22)18-14-7-8-14)12-17(23)21-10-9-15(19-21)13-5-3-2-4-6-13/h2-6,14H,7-12H2,1H3,(H,18,22). The van der Waals surface area contributed by atoms with Crippen LogP contribution in [-0.4, -0.2) is 60.2 Å². The SMILES string of the molecule is CN(CC(=O)NC1CC1)CC(=O)N1CCC(c2ccccc2)=N1. The number of amides is 2. The minimum atomic E-state index is -0.0716. The first-order chi connectivity index (χ1) is 11.1. The Hall–Kier alpha value is -2.21.